The molecule has 0 radical (unpaired) electrons. The standard InChI is InChI=1S/C32H41FO2/c1-3-5-22-8-10-23(11-9-22)24-14-16-25(17-15-24)28-19-18-27-20-29(35-32(34)30(27)31(28)33)26-12-6-21(4-2)7-13-26/h6-7,12-13,18-19,22-25,29H,3-5,8-11,14-17,20H2,1-2H3. The first kappa shape index (κ1) is 24.5. The lowest BCUT2D eigenvalue weighted by Crippen LogP contribution is -2.27. The predicted octanol–water partition coefficient (Wildman–Crippen LogP) is 8.72. The van der Waals surface area contributed by atoms with E-state index in [4.69, 9.17) is 4.74 Å². The fourth-order valence-corrected chi connectivity index (χ4v) is 7.18. The van der Waals surface area contributed by atoms with Crippen LogP contribution in [-0.4, -0.2) is 5.97 Å². The van der Waals surface area contributed by atoms with Crippen LogP contribution in [0.1, 0.15) is 123 Å². The second-order valence-corrected chi connectivity index (χ2v) is 11.4. The molecule has 0 aromatic heterocycles. The highest BCUT2D eigenvalue weighted by atomic mass is 19.1. The number of hydrogen-bond acceptors (Lipinski definition) is 2. The predicted molar refractivity (Wildman–Crippen MR) is 139 cm³/mol. The van der Waals surface area contributed by atoms with E-state index in [1.807, 2.05) is 24.3 Å². The molecule has 1 aliphatic heterocycles. The van der Waals surface area contributed by atoms with Crippen molar-refractivity contribution in [1.29, 1.82) is 0 Å². The molecule has 3 heteroatoms. The molecule has 2 saturated carbocycles. The van der Waals surface area contributed by atoms with Crippen molar-refractivity contribution in [1.82, 2.24) is 0 Å². The van der Waals surface area contributed by atoms with Gasteiger partial charge in [-0.15, -0.1) is 0 Å². The van der Waals surface area contributed by atoms with Crippen molar-refractivity contribution >= 4 is 5.97 Å². The number of esters is 1. The van der Waals surface area contributed by atoms with Crippen LogP contribution in [0.2, 0.25) is 0 Å². The topological polar surface area (TPSA) is 26.3 Å². The van der Waals surface area contributed by atoms with E-state index in [-0.39, 0.29) is 23.4 Å². The normalized spacial score (nSPS) is 28.9. The molecule has 5 rings (SSSR count). The summed E-state index contributed by atoms with van der Waals surface area (Å²) in [7, 11) is 0. The molecule has 0 spiro atoms. The van der Waals surface area contributed by atoms with Gasteiger partial charge in [-0.1, -0.05) is 75.9 Å². The Bertz CT molecular complexity index is 1010. The molecule has 0 N–H and O–H groups in total. The van der Waals surface area contributed by atoms with Gasteiger partial charge in [-0.25, -0.2) is 9.18 Å². The average Bonchev–Trinajstić information content (AvgIpc) is 2.89. The summed E-state index contributed by atoms with van der Waals surface area (Å²) < 4.78 is 21.4. The lowest BCUT2D eigenvalue weighted by Gasteiger charge is -2.38. The molecular weight excluding hydrogens is 435 g/mol. The van der Waals surface area contributed by atoms with Gasteiger partial charge >= 0.3 is 5.97 Å². The SMILES string of the molecule is CCCC1CCC(C2CCC(c3ccc4c(c3F)C(=O)OC(c3ccc(CC)cc3)C4)CC2)CC1. The summed E-state index contributed by atoms with van der Waals surface area (Å²) in [5.41, 5.74) is 3.93. The van der Waals surface area contributed by atoms with Crippen LogP contribution < -0.4 is 0 Å². The van der Waals surface area contributed by atoms with Gasteiger partial charge in [0, 0.05) is 6.42 Å². The number of rotatable bonds is 6. The number of carbonyl (C=O) groups excluding carboxylic acids is 1. The Balaban J connectivity index is 1.23. The highest BCUT2D eigenvalue weighted by Gasteiger charge is 2.35. The molecule has 35 heavy (non-hydrogen) atoms. The molecule has 2 aliphatic carbocycles. The maximum atomic E-state index is 15.7. The minimum atomic E-state index is -0.507. The highest BCUT2D eigenvalue weighted by Crippen LogP contribution is 2.45. The first-order valence-electron chi connectivity index (χ1n) is 14.2. The molecule has 1 atom stereocenters. The van der Waals surface area contributed by atoms with E-state index in [0.717, 1.165) is 53.7 Å². The minimum Gasteiger partial charge on any atom is -0.453 e. The molecule has 0 amide bonds. The molecule has 1 unspecified atom stereocenters. The van der Waals surface area contributed by atoms with Crippen LogP contribution in [0.25, 0.3) is 0 Å². The van der Waals surface area contributed by atoms with Crippen LogP contribution in [-0.2, 0) is 17.6 Å². The van der Waals surface area contributed by atoms with Gasteiger partial charge in [0.25, 0.3) is 0 Å². The lowest BCUT2D eigenvalue weighted by atomic mass is 9.68. The highest BCUT2D eigenvalue weighted by molar-refractivity contribution is 5.93. The summed E-state index contributed by atoms with van der Waals surface area (Å²) in [6.45, 7) is 4.42. The van der Waals surface area contributed by atoms with Crippen molar-refractivity contribution in [3.8, 4) is 0 Å². The van der Waals surface area contributed by atoms with Crippen LogP contribution in [0.5, 0.6) is 0 Å². The third kappa shape index (κ3) is 5.20. The van der Waals surface area contributed by atoms with E-state index >= 15 is 4.39 Å². The second kappa shape index (κ2) is 10.8. The Morgan fingerprint density at radius 1 is 0.857 bits per heavy atom. The average molecular weight is 477 g/mol. The maximum Gasteiger partial charge on any atom is 0.342 e. The second-order valence-electron chi connectivity index (χ2n) is 11.4. The van der Waals surface area contributed by atoms with Crippen LogP contribution in [0.4, 0.5) is 4.39 Å². The summed E-state index contributed by atoms with van der Waals surface area (Å²) >= 11 is 0. The van der Waals surface area contributed by atoms with Crippen molar-refractivity contribution in [2.45, 2.75) is 103 Å². The summed E-state index contributed by atoms with van der Waals surface area (Å²) in [4.78, 5) is 12.9. The van der Waals surface area contributed by atoms with Gasteiger partial charge in [-0.2, -0.15) is 0 Å². The number of cyclic esters (lactones) is 1. The van der Waals surface area contributed by atoms with E-state index in [9.17, 15) is 4.79 Å². The molecular formula is C32H41FO2. The molecule has 2 aromatic rings. The van der Waals surface area contributed by atoms with Crippen molar-refractivity contribution in [3.05, 3.63) is 70.0 Å². The largest absolute Gasteiger partial charge is 0.453 e. The Morgan fingerprint density at radius 3 is 2.14 bits per heavy atom. The fourth-order valence-electron chi connectivity index (χ4n) is 7.18. The fraction of sp³-hybridized carbons (Fsp3) is 0.594. The van der Waals surface area contributed by atoms with Gasteiger partial charge in [-0.05, 0) is 90.9 Å². The van der Waals surface area contributed by atoms with E-state index < -0.39 is 5.97 Å². The van der Waals surface area contributed by atoms with E-state index in [2.05, 4.69) is 26.0 Å². The van der Waals surface area contributed by atoms with E-state index in [1.165, 1.54) is 56.9 Å². The smallest absolute Gasteiger partial charge is 0.342 e. The van der Waals surface area contributed by atoms with Gasteiger partial charge < -0.3 is 4.74 Å². The molecule has 2 fully saturated rings. The van der Waals surface area contributed by atoms with Crippen molar-refractivity contribution in [2.24, 2.45) is 17.8 Å². The summed E-state index contributed by atoms with van der Waals surface area (Å²) in [5.74, 6) is 2.02. The van der Waals surface area contributed by atoms with Crippen LogP contribution >= 0.6 is 0 Å². The maximum absolute atomic E-state index is 15.7. The van der Waals surface area contributed by atoms with Crippen molar-refractivity contribution in [2.75, 3.05) is 0 Å². The Hall–Kier alpha value is -2.16. The number of ether oxygens (including phenoxy) is 1. The molecule has 1 heterocycles. The van der Waals surface area contributed by atoms with Crippen molar-refractivity contribution in [3.63, 3.8) is 0 Å². The van der Waals surface area contributed by atoms with Crippen LogP contribution in [0.15, 0.2) is 36.4 Å². The van der Waals surface area contributed by atoms with E-state index in [0.29, 0.717) is 6.42 Å². The Morgan fingerprint density at radius 2 is 1.51 bits per heavy atom. The van der Waals surface area contributed by atoms with Gasteiger partial charge in [-0.3, -0.25) is 0 Å². The zero-order chi connectivity index (χ0) is 24.4. The summed E-state index contributed by atoms with van der Waals surface area (Å²) in [6.07, 6.45) is 14.0. The first-order valence-corrected chi connectivity index (χ1v) is 14.2. The Labute approximate surface area is 210 Å². The summed E-state index contributed by atoms with van der Waals surface area (Å²) in [5, 5.41) is 0. The third-order valence-corrected chi connectivity index (χ3v) is 9.34. The third-order valence-electron chi connectivity index (χ3n) is 9.34. The summed E-state index contributed by atoms with van der Waals surface area (Å²) in [6, 6.07) is 12.2. The van der Waals surface area contributed by atoms with Crippen molar-refractivity contribution < 1.29 is 13.9 Å². The number of benzene rings is 2. The molecule has 3 aliphatic rings. The molecule has 2 nitrogen and oxygen atoms in total. The van der Waals surface area contributed by atoms with Crippen LogP contribution in [0.3, 0.4) is 0 Å². The number of hydrogen-bond donors (Lipinski definition) is 0. The molecule has 0 bridgehead atoms. The number of aryl methyl sites for hydroxylation is 1. The lowest BCUT2D eigenvalue weighted by molar-refractivity contribution is 0.0245. The molecule has 2 aromatic carbocycles. The zero-order valence-corrected chi connectivity index (χ0v) is 21.5. The number of carbonyl (C=O) groups is 1. The monoisotopic (exact) mass is 476 g/mol. The van der Waals surface area contributed by atoms with E-state index in [1.54, 1.807) is 0 Å². The van der Waals surface area contributed by atoms with Gasteiger partial charge in [0.05, 0.1) is 5.56 Å². The molecule has 0 saturated heterocycles. The first-order chi connectivity index (χ1) is 17.1. The van der Waals surface area contributed by atoms with Crippen LogP contribution in [0, 0.1) is 23.6 Å². The minimum absolute atomic E-state index is 0.181. The van der Waals surface area contributed by atoms with Gasteiger partial charge in [0.2, 0.25) is 0 Å². The zero-order valence-electron chi connectivity index (χ0n) is 21.5. The van der Waals surface area contributed by atoms with Gasteiger partial charge in [0.1, 0.15) is 11.9 Å². The molecule has 188 valence electrons. The number of halogens is 1. The Kier molecular flexibility index (Phi) is 7.60. The van der Waals surface area contributed by atoms with Gasteiger partial charge in [0.15, 0.2) is 0 Å². The quantitative estimate of drug-likeness (QED) is 0.390. The number of fused-ring (bicyclic) bond motifs is 1.